The molecule has 1 N–H and O–H groups in total. The molecule has 5 heteroatoms. The highest BCUT2D eigenvalue weighted by Gasteiger charge is 2.45. The number of carboxylic acids is 1. The first kappa shape index (κ1) is 13.5. The number of benzene rings is 1. The van der Waals surface area contributed by atoms with Crippen LogP contribution in [-0.4, -0.2) is 17.0 Å². The van der Waals surface area contributed by atoms with Crippen molar-refractivity contribution in [2.24, 2.45) is 5.92 Å². The van der Waals surface area contributed by atoms with Gasteiger partial charge in [-0.2, -0.15) is 5.26 Å². The molecule has 1 saturated carbocycles. The van der Waals surface area contributed by atoms with Crippen LogP contribution >= 0.6 is 0 Å². The fraction of sp³-hybridized carbons (Fsp3) is 0.429. The van der Waals surface area contributed by atoms with Gasteiger partial charge >= 0.3 is 5.97 Å². The van der Waals surface area contributed by atoms with E-state index >= 15 is 0 Å². The van der Waals surface area contributed by atoms with Crippen molar-refractivity contribution in [2.75, 3.05) is 0 Å². The molecule has 2 atom stereocenters. The monoisotopic (exact) mass is 265 g/mol. The molecule has 0 heterocycles. The van der Waals surface area contributed by atoms with Crippen molar-refractivity contribution in [1.82, 2.24) is 0 Å². The van der Waals surface area contributed by atoms with Crippen LogP contribution in [0, 0.1) is 17.2 Å². The number of rotatable bonds is 3. The van der Waals surface area contributed by atoms with Crippen LogP contribution in [0.15, 0.2) is 24.3 Å². The Kier molecular flexibility index (Phi) is 3.52. The van der Waals surface area contributed by atoms with Gasteiger partial charge in [0, 0.05) is 12.8 Å². The van der Waals surface area contributed by atoms with Gasteiger partial charge in [-0.25, -0.2) is 8.78 Å². The molecule has 0 saturated heterocycles. The summed E-state index contributed by atoms with van der Waals surface area (Å²) in [7, 11) is 0. The summed E-state index contributed by atoms with van der Waals surface area (Å²) >= 11 is 0. The Bertz CT molecular complexity index is 536. The average molecular weight is 265 g/mol. The smallest absolute Gasteiger partial charge is 0.311 e. The quantitative estimate of drug-likeness (QED) is 0.913. The van der Waals surface area contributed by atoms with Crippen molar-refractivity contribution in [3.63, 3.8) is 0 Å². The van der Waals surface area contributed by atoms with Crippen LogP contribution in [0.3, 0.4) is 0 Å². The number of nitrogens with zero attached hydrogens (tertiary/aromatic N) is 1. The number of carboxylic acid groups (broad SMARTS) is 1. The standard InChI is InChI=1S/C14H13F2NO2/c15-14(16)5-4-11(7-14)12(13(18)19)10-3-1-2-9(6-10)8-17/h1-3,6,11-12H,4-5,7H2,(H,18,19). The number of halogens is 2. The Morgan fingerprint density at radius 2 is 2.26 bits per heavy atom. The number of hydrogen-bond acceptors (Lipinski definition) is 2. The molecule has 2 unspecified atom stereocenters. The molecule has 19 heavy (non-hydrogen) atoms. The van der Waals surface area contributed by atoms with E-state index in [4.69, 9.17) is 5.26 Å². The van der Waals surface area contributed by atoms with Crippen LogP contribution in [0.2, 0.25) is 0 Å². The van der Waals surface area contributed by atoms with E-state index in [1.165, 1.54) is 6.07 Å². The molecule has 3 nitrogen and oxygen atoms in total. The second-order valence-corrected chi connectivity index (χ2v) is 4.91. The van der Waals surface area contributed by atoms with Crippen LogP contribution in [0.1, 0.15) is 36.3 Å². The molecule has 1 aromatic rings. The predicted molar refractivity (Wildman–Crippen MR) is 63.8 cm³/mol. The van der Waals surface area contributed by atoms with Gasteiger partial charge in [0.25, 0.3) is 0 Å². The summed E-state index contributed by atoms with van der Waals surface area (Å²) in [6, 6.07) is 8.12. The zero-order valence-electron chi connectivity index (χ0n) is 10.1. The van der Waals surface area contributed by atoms with Gasteiger partial charge in [0.05, 0.1) is 17.6 Å². The van der Waals surface area contributed by atoms with Crippen LogP contribution in [-0.2, 0) is 4.79 Å². The lowest BCUT2D eigenvalue weighted by atomic mass is 9.84. The van der Waals surface area contributed by atoms with Gasteiger partial charge in [-0.3, -0.25) is 4.79 Å². The van der Waals surface area contributed by atoms with E-state index < -0.39 is 30.1 Å². The molecule has 0 aliphatic heterocycles. The number of carbonyl (C=O) groups is 1. The van der Waals surface area contributed by atoms with Crippen molar-refractivity contribution in [3.05, 3.63) is 35.4 Å². The minimum Gasteiger partial charge on any atom is -0.481 e. The molecule has 0 aromatic heterocycles. The van der Waals surface area contributed by atoms with Gasteiger partial charge in [0.2, 0.25) is 5.92 Å². The molecule has 100 valence electrons. The third kappa shape index (κ3) is 2.90. The number of alkyl halides is 2. The van der Waals surface area contributed by atoms with E-state index in [0.29, 0.717) is 11.1 Å². The van der Waals surface area contributed by atoms with Crippen LogP contribution in [0.25, 0.3) is 0 Å². The lowest BCUT2D eigenvalue weighted by Gasteiger charge is -2.20. The number of aliphatic carboxylic acids is 1. The minimum atomic E-state index is -2.77. The van der Waals surface area contributed by atoms with E-state index in [9.17, 15) is 18.7 Å². The molecule has 2 rings (SSSR count). The van der Waals surface area contributed by atoms with Crippen molar-refractivity contribution < 1.29 is 18.7 Å². The summed E-state index contributed by atoms with van der Waals surface area (Å²) in [6.07, 6.45) is -0.471. The molecule has 1 aliphatic carbocycles. The second-order valence-electron chi connectivity index (χ2n) is 4.91. The van der Waals surface area contributed by atoms with Gasteiger partial charge in [0.1, 0.15) is 0 Å². The predicted octanol–water partition coefficient (Wildman–Crippen LogP) is 3.16. The van der Waals surface area contributed by atoms with Gasteiger partial charge < -0.3 is 5.11 Å². The Morgan fingerprint density at radius 1 is 1.53 bits per heavy atom. The molecule has 1 aliphatic rings. The van der Waals surface area contributed by atoms with Crippen LogP contribution < -0.4 is 0 Å². The lowest BCUT2D eigenvalue weighted by molar-refractivity contribution is -0.140. The van der Waals surface area contributed by atoms with Crippen LogP contribution in [0.4, 0.5) is 8.78 Å². The first-order valence-electron chi connectivity index (χ1n) is 6.03. The topological polar surface area (TPSA) is 61.1 Å². The fourth-order valence-electron chi connectivity index (χ4n) is 2.69. The summed E-state index contributed by atoms with van der Waals surface area (Å²) in [4.78, 5) is 11.4. The highest BCUT2D eigenvalue weighted by molar-refractivity contribution is 5.76. The summed E-state index contributed by atoms with van der Waals surface area (Å²) in [6.45, 7) is 0. The summed E-state index contributed by atoms with van der Waals surface area (Å²) in [5.41, 5.74) is 0.766. The third-order valence-corrected chi connectivity index (χ3v) is 3.55. The van der Waals surface area contributed by atoms with E-state index in [0.717, 1.165) is 0 Å². The molecule has 1 aromatic carbocycles. The van der Waals surface area contributed by atoms with Crippen molar-refractivity contribution in [3.8, 4) is 6.07 Å². The average Bonchev–Trinajstić information content (AvgIpc) is 2.69. The fourth-order valence-corrected chi connectivity index (χ4v) is 2.69. The second kappa shape index (κ2) is 4.96. The van der Waals surface area contributed by atoms with E-state index in [1.54, 1.807) is 18.2 Å². The SMILES string of the molecule is N#Cc1cccc(C(C(=O)O)C2CCC(F)(F)C2)c1. The summed E-state index contributed by atoms with van der Waals surface area (Å²) in [5.74, 6) is -5.44. The van der Waals surface area contributed by atoms with E-state index in [1.807, 2.05) is 6.07 Å². The number of nitriles is 1. The summed E-state index contributed by atoms with van der Waals surface area (Å²) < 4.78 is 26.5. The van der Waals surface area contributed by atoms with Crippen molar-refractivity contribution in [2.45, 2.75) is 31.1 Å². The highest BCUT2D eigenvalue weighted by Crippen LogP contribution is 2.45. The highest BCUT2D eigenvalue weighted by atomic mass is 19.3. The molecule has 0 bridgehead atoms. The maximum Gasteiger partial charge on any atom is 0.311 e. The van der Waals surface area contributed by atoms with E-state index in [-0.39, 0.29) is 12.8 Å². The van der Waals surface area contributed by atoms with Gasteiger partial charge in [0.15, 0.2) is 0 Å². The largest absolute Gasteiger partial charge is 0.481 e. The Labute approximate surface area is 109 Å². The Hall–Kier alpha value is -1.96. The summed E-state index contributed by atoms with van der Waals surface area (Å²) in [5, 5.41) is 18.1. The number of hydrogen-bond donors (Lipinski definition) is 1. The normalized spacial score (nSPS) is 22.7. The van der Waals surface area contributed by atoms with Crippen molar-refractivity contribution >= 4 is 5.97 Å². The molecular formula is C14H13F2NO2. The Morgan fingerprint density at radius 3 is 2.79 bits per heavy atom. The van der Waals surface area contributed by atoms with E-state index in [2.05, 4.69) is 0 Å². The first-order chi connectivity index (χ1) is 8.93. The molecule has 0 spiro atoms. The van der Waals surface area contributed by atoms with Crippen LogP contribution in [0.5, 0.6) is 0 Å². The zero-order chi connectivity index (χ0) is 14.0. The molecular weight excluding hydrogens is 252 g/mol. The maximum absolute atomic E-state index is 13.2. The van der Waals surface area contributed by atoms with Crippen molar-refractivity contribution in [1.29, 1.82) is 5.26 Å². The molecule has 1 fully saturated rings. The molecule has 0 amide bonds. The molecule has 0 radical (unpaired) electrons. The van der Waals surface area contributed by atoms with Gasteiger partial charge in [-0.15, -0.1) is 0 Å². The minimum absolute atomic E-state index is 0.195. The van der Waals surface area contributed by atoms with Gasteiger partial charge in [-0.1, -0.05) is 12.1 Å². The zero-order valence-corrected chi connectivity index (χ0v) is 10.1. The maximum atomic E-state index is 13.2. The van der Waals surface area contributed by atoms with Gasteiger partial charge in [-0.05, 0) is 30.0 Å². The third-order valence-electron chi connectivity index (χ3n) is 3.55. The Balaban J connectivity index is 2.31. The first-order valence-corrected chi connectivity index (χ1v) is 6.03. The lowest BCUT2D eigenvalue weighted by Crippen LogP contribution is -2.21.